The van der Waals surface area contributed by atoms with E-state index in [1.807, 2.05) is 0 Å². The predicted molar refractivity (Wildman–Crippen MR) is 58.2 cm³/mol. The first-order valence-corrected chi connectivity index (χ1v) is 4.88. The summed E-state index contributed by atoms with van der Waals surface area (Å²) in [5, 5.41) is 21.3. The average Bonchev–Trinajstić information content (AvgIpc) is 2.25. The van der Waals surface area contributed by atoms with Gasteiger partial charge in [0.2, 0.25) is 0 Å². The number of hydrogen-bond donors (Lipinski definition) is 0. The quantitative estimate of drug-likeness (QED) is 0.311. The molecule has 0 fully saturated rings. The van der Waals surface area contributed by atoms with Crippen LogP contribution < -0.4 is 69.3 Å². The van der Waals surface area contributed by atoms with Crippen molar-refractivity contribution in [1.82, 2.24) is 0 Å². The van der Waals surface area contributed by atoms with E-state index in [9.17, 15) is 19.8 Å². The number of carbonyl (C=O) groups excluding carboxylic acids is 2. The fraction of sp³-hybridized carbons (Fsp3) is 0.0769. The van der Waals surface area contributed by atoms with E-state index in [4.69, 9.17) is 0 Å². The summed E-state index contributed by atoms with van der Waals surface area (Å²) >= 11 is 0. The van der Waals surface area contributed by atoms with Crippen molar-refractivity contribution in [3.63, 3.8) is 0 Å². The smallest absolute Gasteiger partial charge is 0.545 e. The van der Waals surface area contributed by atoms with Crippen LogP contribution in [-0.2, 0) is 9.59 Å². The van der Waals surface area contributed by atoms with Crippen LogP contribution in [0.2, 0.25) is 0 Å². The molecular weight excluding hydrogens is 266 g/mol. The Balaban J connectivity index is 0. The van der Waals surface area contributed by atoms with E-state index in [-0.39, 0.29) is 70.3 Å². The Bertz CT molecular complexity index is 493. The normalized spacial score (nSPS) is 11.0. The Morgan fingerprint density at radius 2 is 1.58 bits per heavy atom. The number of rotatable bonds is 4. The van der Waals surface area contributed by atoms with E-state index >= 15 is 0 Å². The molecule has 0 saturated heterocycles. The molecule has 0 aliphatic heterocycles. The van der Waals surface area contributed by atoms with Gasteiger partial charge in [-0.25, -0.2) is 0 Å². The summed E-state index contributed by atoms with van der Waals surface area (Å²) in [7, 11) is 0. The molecule has 4 nitrogen and oxygen atoms in total. The first-order chi connectivity index (χ1) is 8.00. The number of carboxylic acids is 2. The van der Waals surface area contributed by atoms with E-state index in [1.165, 1.54) is 13.0 Å². The third-order valence-corrected chi connectivity index (χ3v) is 2.09. The van der Waals surface area contributed by atoms with Crippen molar-refractivity contribution in [3.8, 4) is 0 Å². The molecule has 1 aromatic rings. The van der Waals surface area contributed by atoms with Crippen LogP contribution in [0, 0.1) is 0 Å². The number of aliphatic carboxylic acids is 2. The van der Waals surface area contributed by atoms with Gasteiger partial charge in [0.25, 0.3) is 0 Å². The van der Waals surface area contributed by atoms with Crippen LogP contribution in [0.3, 0.4) is 0 Å². The second-order valence-electron chi connectivity index (χ2n) is 3.40. The zero-order valence-corrected chi connectivity index (χ0v) is 15.2. The summed E-state index contributed by atoms with van der Waals surface area (Å²) in [6.07, 6.45) is 2.08. The summed E-state index contributed by atoms with van der Waals surface area (Å²) in [4.78, 5) is 21.3. The summed E-state index contributed by atoms with van der Waals surface area (Å²) in [6.45, 7) is 1.38. The van der Waals surface area contributed by atoms with Gasteiger partial charge in [-0.2, -0.15) is 0 Å². The molecular formula is C13H10Na2O4. The molecule has 0 spiro atoms. The SMILES string of the molecule is CC(=C/C(=O)[O-])/C(=C/c1ccccc1)C(=O)[O-].[Na+].[Na+]. The number of carbonyl (C=O) groups is 2. The zero-order chi connectivity index (χ0) is 12.8. The minimum Gasteiger partial charge on any atom is -0.545 e. The maximum Gasteiger partial charge on any atom is 1.00 e. The van der Waals surface area contributed by atoms with Crippen molar-refractivity contribution in [2.45, 2.75) is 6.92 Å². The first-order valence-electron chi connectivity index (χ1n) is 4.88. The predicted octanol–water partition coefficient (Wildman–Crippen LogP) is -6.48. The second kappa shape index (κ2) is 10.4. The summed E-state index contributed by atoms with van der Waals surface area (Å²) < 4.78 is 0. The molecule has 0 bridgehead atoms. The summed E-state index contributed by atoms with van der Waals surface area (Å²) in [5.74, 6) is -2.87. The third-order valence-electron chi connectivity index (χ3n) is 2.09. The Morgan fingerprint density at radius 3 is 2.00 bits per heavy atom. The van der Waals surface area contributed by atoms with Crippen molar-refractivity contribution in [1.29, 1.82) is 0 Å². The van der Waals surface area contributed by atoms with Crippen molar-refractivity contribution in [3.05, 3.63) is 53.1 Å². The molecule has 19 heavy (non-hydrogen) atoms. The second-order valence-corrected chi connectivity index (χ2v) is 3.40. The minimum atomic E-state index is -1.44. The Labute approximate surface area is 155 Å². The molecule has 0 radical (unpaired) electrons. The maximum absolute atomic E-state index is 10.9. The van der Waals surface area contributed by atoms with Gasteiger partial charge < -0.3 is 19.8 Å². The monoisotopic (exact) mass is 276 g/mol. The molecule has 88 valence electrons. The average molecular weight is 276 g/mol. The van der Waals surface area contributed by atoms with Crippen molar-refractivity contribution in [2.24, 2.45) is 0 Å². The van der Waals surface area contributed by atoms with Crippen molar-refractivity contribution in [2.75, 3.05) is 0 Å². The molecule has 0 amide bonds. The van der Waals surface area contributed by atoms with E-state index < -0.39 is 11.9 Å². The van der Waals surface area contributed by atoms with Crippen LogP contribution in [-0.4, -0.2) is 11.9 Å². The molecule has 0 saturated carbocycles. The van der Waals surface area contributed by atoms with Crippen LogP contribution >= 0.6 is 0 Å². The van der Waals surface area contributed by atoms with Gasteiger partial charge in [-0.15, -0.1) is 0 Å². The first kappa shape index (κ1) is 20.9. The number of benzene rings is 1. The van der Waals surface area contributed by atoms with Gasteiger partial charge in [-0.3, -0.25) is 0 Å². The van der Waals surface area contributed by atoms with Crippen LogP contribution in [0.5, 0.6) is 0 Å². The Morgan fingerprint density at radius 1 is 1.05 bits per heavy atom. The molecule has 0 unspecified atom stereocenters. The van der Waals surface area contributed by atoms with Crippen LogP contribution in [0.4, 0.5) is 0 Å². The molecule has 1 aromatic carbocycles. The maximum atomic E-state index is 10.9. The van der Waals surface area contributed by atoms with Crippen LogP contribution in [0.25, 0.3) is 6.08 Å². The van der Waals surface area contributed by atoms with Crippen molar-refractivity contribution < 1.29 is 78.9 Å². The number of hydrogen-bond acceptors (Lipinski definition) is 4. The molecule has 0 heterocycles. The van der Waals surface area contributed by atoms with Gasteiger partial charge in [0.15, 0.2) is 0 Å². The van der Waals surface area contributed by atoms with Gasteiger partial charge in [0.1, 0.15) is 0 Å². The van der Waals surface area contributed by atoms with Gasteiger partial charge in [-0.1, -0.05) is 30.3 Å². The molecule has 0 aromatic heterocycles. The van der Waals surface area contributed by atoms with E-state index in [0.717, 1.165) is 6.08 Å². The topological polar surface area (TPSA) is 80.3 Å². The summed E-state index contributed by atoms with van der Waals surface area (Å²) in [6, 6.07) is 8.69. The van der Waals surface area contributed by atoms with E-state index in [2.05, 4.69) is 0 Å². The molecule has 0 N–H and O–H groups in total. The molecule has 6 heteroatoms. The largest absolute Gasteiger partial charge is 1.00 e. The van der Waals surface area contributed by atoms with E-state index in [1.54, 1.807) is 30.3 Å². The van der Waals surface area contributed by atoms with Crippen LogP contribution in [0.15, 0.2) is 47.6 Å². The Kier molecular flexibility index (Phi) is 11.5. The van der Waals surface area contributed by atoms with Gasteiger partial charge >= 0.3 is 59.1 Å². The van der Waals surface area contributed by atoms with Crippen molar-refractivity contribution >= 4 is 18.0 Å². The van der Waals surface area contributed by atoms with Crippen LogP contribution in [0.1, 0.15) is 12.5 Å². The van der Waals surface area contributed by atoms with Gasteiger partial charge in [0.05, 0.1) is 11.9 Å². The minimum absolute atomic E-state index is 0. The fourth-order valence-electron chi connectivity index (χ4n) is 1.30. The van der Waals surface area contributed by atoms with Gasteiger partial charge in [-0.05, 0) is 30.2 Å². The third kappa shape index (κ3) is 7.72. The van der Waals surface area contributed by atoms with E-state index in [0.29, 0.717) is 5.56 Å². The molecule has 0 aliphatic rings. The Hall–Kier alpha value is -0.360. The summed E-state index contributed by atoms with van der Waals surface area (Å²) in [5.41, 5.74) is 0.548. The number of carboxylic acid groups (broad SMARTS) is 2. The zero-order valence-electron chi connectivity index (χ0n) is 11.2. The fourth-order valence-corrected chi connectivity index (χ4v) is 1.30. The molecule has 1 rings (SSSR count). The standard InChI is InChI=1S/C13H12O4.2Na/c1-9(7-12(14)15)11(13(16)17)8-10-5-3-2-4-6-10;;/h2-8H,1H3,(H,14,15)(H,16,17);;/q;2*+1/p-2/b9-7-,11-8-;;. The molecule has 0 aliphatic carbocycles. The molecule has 0 atom stereocenters. The van der Waals surface area contributed by atoms with Gasteiger partial charge in [0, 0.05) is 5.57 Å².